The summed E-state index contributed by atoms with van der Waals surface area (Å²) >= 11 is 0. The summed E-state index contributed by atoms with van der Waals surface area (Å²) in [7, 11) is 1.62. The Balaban J connectivity index is 2.22. The van der Waals surface area contributed by atoms with Crippen molar-refractivity contribution >= 4 is 0 Å². The van der Waals surface area contributed by atoms with E-state index in [9.17, 15) is 0 Å². The van der Waals surface area contributed by atoms with Crippen LogP contribution in [0.25, 0.3) is 0 Å². The first-order valence-electron chi connectivity index (χ1n) is 6.42. The molecule has 1 atom stereocenters. The predicted molar refractivity (Wildman–Crippen MR) is 77.3 cm³/mol. The number of nitrogens with two attached hydrogens (primary N) is 1. The molecule has 0 saturated heterocycles. The lowest BCUT2D eigenvalue weighted by molar-refractivity contribution is 0.388. The van der Waals surface area contributed by atoms with E-state index in [2.05, 4.69) is 37.0 Å². The molecule has 0 amide bonds. The molecule has 2 aromatic rings. The lowest BCUT2D eigenvalue weighted by Crippen LogP contribution is -2.15. The Morgan fingerprint density at radius 1 is 1.21 bits per heavy atom. The van der Waals surface area contributed by atoms with Gasteiger partial charge in [0.15, 0.2) is 0 Å². The van der Waals surface area contributed by atoms with Gasteiger partial charge in [-0.3, -0.25) is 0 Å². The van der Waals surface area contributed by atoms with Gasteiger partial charge in [-0.1, -0.05) is 35.4 Å². The fourth-order valence-electron chi connectivity index (χ4n) is 2.41. The molecule has 3 heteroatoms. The van der Waals surface area contributed by atoms with Crippen LogP contribution in [0.5, 0.6) is 5.88 Å². The summed E-state index contributed by atoms with van der Waals surface area (Å²) in [6, 6.07) is 10.3. The molecule has 0 bridgehead atoms. The zero-order valence-corrected chi connectivity index (χ0v) is 11.7. The van der Waals surface area contributed by atoms with E-state index in [1.54, 1.807) is 13.3 Å². The third-order valence-corrected chi connectivity index (χ3v) is 3.13. The van der Waals surface area contributed by atoms with E-state index in [0.717, 1.165) is 12.0 Å². The summed E-state index contributed by atoms with van der Waals surface area (Å²) in [5, 5.41) is 0. The molecule has 100 valence electrons. The van der Waals surface area contributed by atoms with Gasteiger partial charge in [0.05, 0.1) is 7.11 Å². The van der Waals surface area contributed by atoms with E-state index in [-0.39, 0.29) is 6.04 Å². The third kappa shape index (κ3) is 3.32. The molecule has 0 spiro atoms. The number of rotatable bonds is 4. The maximum absolute atomic E-state index is 6.28. The number of nitrogens with zero attached hydrogens (tertiary/aromatic N) is 1. The van der Waals surface area contributed by atoms with Crippen LogP contribution in [-0.2, 0) is 6.42 Å². The van der Waals surface area contributed by atoms with Crippen LogP contribution in [0.3, 0.4) is 0 Å². The zero-order chi connectivity index (χ0) is 13.8. The summed E-state index contributed by atoms with van der Waals surface area (Å²) in [6.45, 7) is 4.21. The van der Waals surface area contributed by atoms with E-state index in [4.69, 9.17) is 10.5 Å². The predicted octanol–water partition coefficient (Wildman–Crippen LogP) is 2.95. The maximum atomic E-state index is 6.28. The molecular formula is C16H20N2O. The van der Waals surface area contributed by atoms with Crippen LogP contribution in [0.15, 0.2) is 36.5 Å². The average molecular weight is 256 g/mol. The maximum Gasteiger partial charge on any atom is 0.217 e. The fourth-order valence-corrected chi connectivity index (χ4v) is 2.41. The second kappa shape index (κ2) is 5.85. The number of aromatic nitrogens is 1. The largest absolute Gasteiger partial charge is 0.481 e. The molecule has 0 saturated carbocycles. The summed E-state index contributed by atoms with van der Waals surface area (Å²) in [5.41, 5.74) is 11.0. The average Bonchev–Trinajstić information content (AvgIpc) is 2.37. The van der Waals surface area contributed by atoms with Crippen molar-refractivity contribution in [3.63, 3.8) is 0 Å². The molecular weight excluding hydrogens is 236 g/mol. The number of ether oxygens (including phenoxy) is 1. The molecule has 1 heterocycles. The molecule has 0 radical (unpaired) electrons. The second-order valence-electron chi connectivity index (χ2n) is 4.91. The van der Waals surface area contributed by atoms with Gasteiger partial charge < -0.3 is 10.5 Å². The summed E-state index contributed by atoms with van der Waals surface area (Å²) in [6.07, 6.45) is 2.50. The first kappa shape index (κ1) is 13.6. The Kier molecular flexibility index (Phi) is 4.17. The quantitative estimate of drug-likeness (QED) is 0.915. The molecule has 19 heavy (non-hydrogen) atoms. The third-order valence-electron chi connectivity index (χ3n) is 3.13. The summed E-state index contributed by atoms with van der Waals surface area (Å²) in [5.74, 6) is 0.611. The lowest BCUT2D eigenvalue weighted by atomic mass is 9.98. The van der Waals surface area contributed by atoms with Gasteiger partial charge in [-0.25, -0.2) is 4.98 Å². The molecule has 1 aromatic carbocycles. The van der Waals surface area contributed by atoms with Gasteiger partial charge in [0.1, 0.15) is 0 Å². The number of benzene rings is 1. The van der Waals surface area contributed by atoms with Crippen molar-refractivity contribution in [2.45, 2.75) is 26.3 Å². The number of pyridine rings is 1. The Morgan fingerprint density at radius 3 is 2.53 bits per heavy atom. The Morgan fingerprint density at radius 2 is 1.89 bits per heavy atom. The van der Waals surface area contributed by atoms with Crippen LogP contribution in [0.4, 0.5) is 0 Å². The molecule has 1 unspecified atom stereocenters. The van der Waals surface area contributed by atoms with Crippen LogP contribution in [-0.4, -0.2) is 12.1 Å². The van der Waals surface area contributed by atoms with E-state index in [1.165, 1.54) is 16.7 Å². The van der Waals surface area contributed by atoms with Crippen LogP contribution in [0.2, 0.25) is 0 Å². The van der Waals surface area contributed by atoms with E-state index >= 15 is 0 Å². The Hall–Kier alpha value is -1.87. The Labute approximate surface area is 114 Å². The van der Waals surface area contributed by atoms with Gasteiger partial charge in [0.25, 0.3) is 0 Å². The molecule has 1 aromatic heterocycles. The Bertz CT molecular complexity index is 546. The van der Waals surface area contributed by atoms with Gasteiger partial charge in [0, 0.05) is 17.8 Å². The van der Waals surface area contributed by atoms with Crippen molar-refractivity contribution in [3.8, 4) is 5.88 Å². The van der Waals surface area contributed by atoms with Crippen molar-refractivity contribution in [1.29, 1.82) is 0 Å². The monoisotopic (exact) mass is 256 g/mol. The minimum atomic E-state index is -0.107. The second-order valence-corrected chi connectivity index (χ2v) is 4.91. The zero-order valence-electron chi connectivity index (χ0n) is 11.7. The normalized spacial score (nSPS) is 12.2. The topological polar surface area (TPSA) is 48.1 Å². The first-order chi connectivity index (χ1) is 9.10. The lowest BCUT2D eigenvalue weighted by Gasteiger charge is -2.15. The van der Waals surface area contributed by atoms with E-state index < -0.39 is 0 Å². The van der Waals surface area contributed by atoms with Crippen molar-refractivity contribution < 1.29 is 4.74 Å². The van der Waals surface area contributed by atoms with Crippen LogP contribution in [0, 0.1) is 13.8 Å². The smallest absolute Gasteiger partial charge is 0.217 e. The molecule has 2 rings (SSSR count). The first-order valence-corrected chi connectivity index (χ1v) is 6.42. The van der Waals surface area contributed by atoms with Crippen molar-refractivity contribution in [3.05, 3.63) is 58.8 Å². The van der Waals surface area contributed by atoms with Crippen LogP contribution >= 0.6 is 0 Å². The van der Waals surface area contributed by atoms with E-state index in [0.29, 0.717) is 5.88 Å². The van der Waals surface area contributed by atoms with Crippen molar-refractivity contribution in [2.24, 2.45) is 5.73 Å². The van der Waals surface area contributed by atoms with Crippen molar-refractivity contribution in [2.75, 3.05) is 7.11 Å². The molecule has 0 fully saturated rings. The molecule has 0 aliphatic carbocycles. The van der Waals surface area contributed by atoms with Gasteiger partial charge in [0.2, 0.25) is 5.88 Å². The van der Waals surface area contributed by atoms with Gasteiger partial charge >= 0.3 is 0 Å². The highest BCUT2D eigenvalue weighted by Crippen LogP contribution is 2.24. The minimum absolute atomic E-state index is 0.107. The summed E-state index contributed by atoms with van der Waals surface area (Å²) < 4.78 is 5.26. The number of methoxy groups -OCH3 is 1. The molecule has 0 aliphatic rings. The van der Waals surface area contributed by atoms with E-state index in [1.807, 2.05) is 12.1 Å². The highest BCUT2D eigenvalue weighted by molar-refractivity contribution is 5.33. The van der Waals surface area contributed by atoms with Gasteiger partial charge in [-0.05, 0) is 31.9 Å². The van der Waals surface area contributed by atoms with Gasteiger partial charge in [-0.15, -0.1) is 0 Å². The van der Waals surface area contributed by atoms with Crippen LogP contribution in [0.1, 0.15) is 28.3 Å². The minimum Gasteiger partial charge on any atom is -0.481 e. The number of hydrogen-bond donors (Lipinski definition) is 1. The fraction of sp³-hybridized carbons (Fsp3) is 0.312. The van der Waals surface area contributed by atoms with Gasteiger partial charge in [-0.2, -0.15) is 0 Å². The number of hydrogen-bond acceptors (Lipinski definition) is 3. The highest BCUT2D eigenvalue weighted by Gasteiger charge is 2.13. The standard InChI is InChI=1S/C16H20N2O/c1-11-7-12(2)9-13(8-11)10-15(17)14-5-4-6-18-16(14)19-3/h4-9,15H,10,17H2,1-3H3. The summed E-state index contributed by atoms with van der Waals surface area (Å²) in [4.78, 5) is 4.19. The molecule has 0 aliphatic heterocycles. The highest BCUT2D eigenvalue weighted by atomic mass is 16.5. The SMILES string of the molecule is COc1ncccc1C(N)Cc1cc(C)cc(C)c1. The molecule has 2 N–H and O–H groups in total. The molecule has 3 nitrogen and oxygen atoms in total. The van der Waals surface area contributed by atoms with Crippen molar-refractivity contribution in [1.82, 2.24) is 4.98 Å². The van der Waals surface area contributed by atoms with Crippen LogP contribution < -0.4 is 10.5 Å². The number of aryl methyl sites for hydroxylation is 2.